The van der Waals surface area contributed by atoms with Crippen LogP contribution in [0.1, 0.15) is 5.56 Å². The molecule has 1 aromatic rings. The topological polar surface area (TPSA) is 75.3 Å². The number of halogens is 3. The molecule has 0 heterocycles. The summed E-state index contributed by atoms with van der Waals surface area (Å²) in [4.78, 5) is 10.5. The Morgan fingerprint density at radius 2 is 2.06 bits per heavy atom. The lowest BCUT2D eigenvalue weighted by atomic mass is 10.2. The number of phenols is 1. The SMILES string of the molecule is Nc1ccc(O)c(CNC(=O)C(F)(F)F)c1. The Morgan fingerprint density at radius 1 is 1.44 bits per heavy atom. The molecule has 0 saturated carbocycles. The van der Waals surface area contributed by atoms with Crippen LogP contribution in [0.5, 0.6) is 5.75 Å². The van der Waals surface area contributed by atoms with E-state index in [9.17, 15) is 23.1 Å². The molecule has 0 aliphatic heterocycles. The van der Waals surface area contributed by atoms with E-state index in [1.807, 2.05) is 0 Å². The highest BCUT2D eigenvalue weighted by Gasteiger charge is 2.38. The smallest absolute Gasteiger partial charge is 0.471 e. The summed E-state index contributed by atoms with van der Waals surface area (Å²) >= 11 is 0. The minimum atomic E-state index is -4.93. The van der Waals surface area contributed by atoms with Crippen molar-refractivity contribution in [1.29, 1.82) is 0 Å². The Labute approximate surface area is 88.9 Å². The first-order valence-electron chi connectivity index (χ1n) is 4.23. The first-order chi connectivity index (χ1) is 7.30. The standard InChI is InChI=1S/C9H9F3N2O2/c10-9(11,12)8(16)14-4-5-3-6(13)1-2-7(5)15/h1-3,15H,4,13H2,(H,14,16). The second-order valence-electron chi connectivity index (χ2n) is 3.07. The molecule has 0 unspecified atom stereocenters. The monoisotopic (exact) mass is 234 g/mol. The molecule has 1 rings (SSSR count). The number of hydrogen-bond acceptors (Lipinski definition) is 3. The Hall–Kier alpha value is -1.92. The van der Waals surface area contributed by atoms with Crippen LogP contribution in [0, 0.1) is 0 Å². The van der Waals surface area contributed by atoms with E-state index in [0.717, 1.165) is 0 Å². The number of amides is 1. The van der Waals surface area contributed by atoms with Gasteiger partial charge in [-0.1, -0.05) is 0 Å². The summed E-state index contributed by atoms with van der Waals surface area (Å²) in [6, 6.07) is 3.92. The van der Waals surface area contributed by atoms with Crippen molar-refractivity contribution < 1.29 is 23.1 Å². The Kier molecular flexibility index (Phi) is 3.26. The number of carbonyl (C=O) groups is 1. The Balaban J connectivity index is 2.68. The molecule has 1 aromatic carbocycles. The first-order valence-corrected chi connectivity index (χ1v) is 4.23. The number of nitrogens with one attached hydrogen (secondary N) is 1. The van der Waals surface area contributed by atoms with Crippen molar-refractivity contribution in [1.82, 2.24) is 5.32 Å². The molecule has 0 aliphatic carbocycles. The molecule has 4 N–H and O–H groups in total. The van der Waals surface area contributed by atoms with Crippen LogP contribution in [0.2, 0.25) is 0 Å². The lowest BCUT2D eigenvalue weighted by Gasteiger charge is -2.09. The summed E-state index contributed by atoms with van der Waals surface area (Å²) < 4.78 is 35.5. The fourth-order valence-electron chi connectivity index (χ4n) is 1.02. The average molecular weight is 234 g/mol. The first kappa shape index (κ1) is 12.2. The number of phenolic OH excluding ortho intramolecular Hbond substituents is 1. The molecule has 0 radical (unpaired) electrons. The van der Waals surface area contributed by atoms with Gasteiger partial charge in [0.15, 0.2) is 0 Å². The highest BCUT2D eigenvalue weighted by molar-refractivity contribution is 5.81. The van der Waals surface area contributed by atoms with E-state index in [1.54, 1.807) is 5.32 Å². The fraction of sp³-hybridized carbons (Fsp3) is 0.222. The van der Waals surface area contributed by atoms with E-state index in [2.05, 4.69) is 0 Å². The van der Waals surface area contributed by atoms with Crippen molar-refractivity contribution in [2.75, 3.05) is 5.73 Å². The maximum absolute atomic E-state index is 11.8. The van der Waals surface area contributed by atoms with Crippen molar-refractivity contribution in [3.05, 3.63) is 23.8 Å². The summed E-state index contributed by atoms with van der Waals surface area (Å²) in [5.74, 6) is -2.29. The summed E-state index contributed by atoms with van der Waals surface area (Å²) in [6.45, 7) is -0.435. The lowest BCUT2D eigenvalue weighted by Crippen LogP contribution is -2.36. The quantitative estimate of drug-likeness (QED) is 0.530. The number of rotatable bonds is 2. The van der Waals surface area contributed by atoms with Crippen LogP contribution in [-0.4, -0.2) is 17.2 Å². The predicted molar refractivity (Wildman–Crippen MR) is 50.4 cm³/mol. The van der Waals surface area contributed by atoms with Crippen molar-refractivity contribution in [2.24, 2.45) is 0 Å². The van der Waals surface area contributed by atoms with Crippen molar-refractivity contribution in [3.8, 4) is 5.75 Å². The summed E-state index contributed by atoms with van der Waals surface area (Å²) in [7, 11) is 0. The van der Waals surface area contributed by atoms with Gasteiger partial charge in [-0.3, -0.25) is 4.79 Å². The summed E-state index contributed by atoms with van der Waals surface area (Å²) in [5.41, 5.74) is 5.78. The van der Waals surface area contributed by atoms with E-state index in [-0.39, 0.29) is 17.0 Å². The van der Waals surface area contributed by atoms with Gasteiger partial charge in [-0.25, -0.2) is 0 Å². The molecule has 16 heavy (non-hydrogen) atoms. The number of anilines is 1. The molecule has 0 bridgehead atoms. The molecule has 0 fully saturated rings. The normalized spacial score (nSPS) is 11.2. The number of nitrogen functional groups attached to an aromatic ring is 1. The Morgan fingerprint density at radius 3 is 2.62 bits per heavy atom. The van der Waals surface area contributed by atoms with Crippen molar-refractivity contribution >= 4 is 11.6 Å². The molecule has 0 aliphatic rings. The molecular weight excluding hydrogens is 225 g/mol. The van der Waals surface area contributed by atoms with E-state index in [4.69, 9.17) is 5.73 Å². The van der Waals surface area contributed by atoms with Crippen LogP contribution in [-0.2, 0) is 11.3 Å². The minimum Gasteiger partial charge on any atom is -0.508 e. The van der Waals surface area contributed by atoms with Crippen LogP contribution in [0.25, 0.3) is 0 Å². The molecule has 0 aromatic heterocycles. The van der Waals surface area contributed by atoms with Gasteiger partial charge in [0.25, 0.3) is 0 Å². The summed E-state index contributed by atoms with van der Waals surface area (Å²) in [5, 5.41) is 10.9. The maximum Gasteiger partial charge on any atom is 0.471 e. The molecule has 0 atom stereocenters. The highest BCUT2D eigenvalue weighted by atomic mass is 19.4. The fourth-order valence-corrected chi connectivity index (χ4v) is 1.02. The third kappa shape index (κ3) is 3.04. The van der Waals surface area contributed by atoms with E-state index < -0.39 is 18.6 Å². The molecular formula is C9H9F3N2O2. The molecule has 4 nitrogen and oxygen atoms in total. The Bertz CT molecular complexity index is 404. The van der Waals surface area contributed by atoms with Crippen molar-refractivity contribution in [3.63, 3.8) is 0 Å². The number of nitrogens with two attached hydrogens (primary N) is 1. The third-order valence-electron chi connectivity index (χ3n) is 1.80. The molecule has 0 saturated heterocycles. The maximum atomic E-state index is 11.8. The largest absolute Gasteiger partial charge is 0.508 e. The molecule has 1 amide bonds. The van der Waals surface area contributed by atoms with Gasteiger partial charge in [0.2, 0.25) is 0 Å². The van der Waals surface area contributed by atoms with Crippen LogP contribution in [0.4, 0.5) is 18.9 Å². The number of alkyl halides is 3. The van der Waals surface area contributed by atoms with Gasteiger partial charge in [-0.05, 0) is 18.2 Å². The molecule has 88 valence electrons. The van der Waals surface area contributed by atoms with Crippen molar-refractivity contribution in [2.45, 2.75) is 12.7 Å². The zero-order chi connectivity index (χ0) is 12.3. The average Bonchev–Trinajstić information content (AvgIpc) is 2.17. The zero-order valence-electron chi connectivity index (χ0n) is 8.01. The number of hydrogen-bond donors (Lipinski definition) is 3. The van der Waals surface area contributed by atoms with E-state index in [0.29, 0.717) is 0 Å². The summed E-state index contributed by atoms with van der Waals surface area (Å²) in [6.07, 6.45) is -4.93. The number of benzene rings is 1. The van der Waals surface area contributed by atoms with Gasteiger partial charge in [0.05, 0.1) is 0 Å². The number of carbonyl (C=O) groups excluding carboxylic acids is 1. The number of aromatic hydroxyl groups is 1. The van der Waals surface area contributed by atoms with Crippen LogP contribution < -0.4 is 11.1 Å². The highest BCUT2D eigenvalue weighted by Crippen LogP contribution is 2.20. The molecule has 0 spiro atoms. The van der Waals surface area contributed by atoms with Gasteiger partial charge in [-0.15, -0.1) is 0 Å². The predicted octanol–water partition coefficient (Wildman–Crippen LogP) is 1.15. The van der Waals surface area contributed by atoms with Gasteiger partial charge in [0.1, 0.15) is 5.75 Å². The lowest BCUT2D eigenvalue weighted by molar-refractivity contribution is -0.173. The van der Waals surface area contributed by atoms with Crippen LogP contribution >= 0.6 is 0 Å². The van der Waals surface area contributed by atoms with E-state index in [1.165, 1.54) is 18.2 Å². The van der Waals surface area contributed by atoms with Crippen LogP contribution in [0.15, 0.2) is 18.2 Å². The molecule has 7 heteroatoms. The minimum absolute atomic E-state index is 0.123. The van der Waals surface area contributed by atoms with Crippen LogP contribution in [0.3, 0.4) is 0 Å². The second kappa shape index (κ2) is 4.30. The van der Waals surface area contributed by atoms with E-state index >= 15 is 0 Å². The van der Waals surface area contributed by atoms with Gasteiger partial charge >= 0.3 is 12.1 Å². The van der Waals surface area contributed by atoms with Gasteiger partial charge < -0.3 is 16.2 Å². The zero-order valence-corrected chi connectivity index (χ0v) is 8.01. The van der Waals surface area contributed by atoms with Gasteiger partial charge in [0, 0.05) is 17.8 Å². The third-order valence-corrected chi connectivity index (χ3v) is 1.80. The second-order valence-corrected chi connectivity index (χ2v) is 3.07. The van der Waals surface area contributed by atoms with Gasteiger partial charge in [-0.2, -0.15) is 13.2 Å².